The molecule has 0 aliphatic carbocycles. The maximum absolute atomic E-state index is 13.0. The Labute approximate surface area is 123 Å². The quantitative estimate of drug-likeness (QED) is 0.858. The Balaban J connectivity index is 2.31. The summed E-state index contributed by atoms with van der Waals surface area (Å²) in [4.78, 5) is 3.73. The fourth-order valence-electron chi connectivity index (χ4n) is 1.98. The van der Waals surface area contributed by atoms with Crippen molar-refractivity contribution in [2.24, 2.45) is 5.73 Å². The fourth-order valence-corrected chi connectivity index (χ4v) is 2.95. The van der Waals surface area contributed by atoms with Gasteiger partial charge >= 0.3 is 6.18 Å². The molecule has 1 aromatic heterocycles. The molecule has 0 fully saturated rings. The van der Waals surface area contributed by atoms with Crippen LogP contribution < -0.4 is 5.73 Å². The SMILES string of the molecule is CC(C)(c1ccc(F)cc1)C(N)c1cnc(C(F)(F)F)s1. The van der Waals surface area contributed by atoms with E-state index in [0.717, 1.165) is 11.8 Å². The van der Waals surface area contributed by atoms with E-state index in [0.29, 0.717) is 16.2 Å². The summed E-state index contributed by atoms with van der Waals surface area (Å²) in [5.41, 5.74) is 6.21. The third-order valence-corrected chi connectivity index (χ3v) is 4.56. The molecule has 2 aromatic rings. The first-order valence-electron chi connectivity index (χ1n) is 6.17. The van der Waals surface area contributed by atoms with Gasteiger partial charge in [-0.15, -0.1) is 11.3 Å². The number of alkyl halides is 3. The summed E-state index contributed by atoms with van der Waals surface area (Å²) in [6.07, 6.45) is -3.31. The lowest BCUT2D eigenvalue weighted by Crippen LogP contribution is -2.32. The number of benzene rings is 1. The Morgan fingerprint density at radius 1 is 1.14 bits per heavy atom. The minimum absolute atomic E-state index is 0.344. The number of aromatic nitrogens is 1. The van der Waals surface area contributed by atoms with Crippen LogP contribution in [0.3, 0.4) is 0 Å². The van der Waals surface area contributed by atoms with Crippen molar-refractivity contribution in [3.63, 3.8) is 0 Å². The van der Waals surface area contributed by atoms with Gasteiger partial charge in [-0.05, 0) is 17.7 Å². The molecule has 21 heavy (non-hydrogen) atoms. The summed E-state index contributed by atoms with van der Waals surface area (Å²) in [6, 6.07) is 5.10. The highest BCUT2D eigenvalue weighted by atomic mass is 32.1. The van der Waals surface area contributed by atoms with E-state index in [4.69, 9.17) is 5.73 Å². The highest BCUT2D eigenvalue weighted by Crippen LogP contribution is 2.40. The molecule has 0 aliphatic rings. The summed E-state index contributed by atoms with van der Waals surface area (Å²) in [6.45, 7) is 3.61. The van der Waals surface area contributed by atoms with Gasteiger partial charge in [0.15, 0.2) is 5.01 Å². The molecule has 2 nitrogen and oxygen atoms in total. The normalized spacial score (nSPS) is 14.2. The van der Waals surface area contributed by atoms with E-state index in [2.05, 4.69) is 4.98 Å². The van der Waals surface area contributed by atoms with E-state index >= 15 is 0 Å². The summed E-state index contributed by atoms with van der Waals surface area (Å²) in [7, 11) is 0. The zero-order chi connectivity index (χ0) is 15.8. The summed E-state index contributed by atoms with van der Waals surface area (Å²) in [5, 5.41) is -0.914. The van der Waals surface area contributed by atoms with Crippen LogP contribution in [0.15, 0.2) is 30.5 Å². The van der Waals surface area contributed by atoms with E-state index in [9.17, 15) is 17.6 Å². The Morgan fingerprint density at radius 2 is 1.71 bits per heavy atom. The van der Waals surface area contributed by atoms with E-state index in [1.807, 2.05) is 0 Å². The van der Waals surface area contributed by atoms with Crippen LogP contribution in [-0.2, 0) is 11.6 Å². The van der Waals surface area contributed by atoms with Gasteiger partial charge in [0, 0.05) is 22.5 Å². The van der Waals surface area contributed by atoms with Gasteiger partial charge in [-0.1, -0.05) is 26.0 Å². The first kappa shape index (κ1) is 15.9. The summed E-state index contributed by atoms with van der Waals surface area (Å²) in [5.74, 6) is -0.375. The van der Waals surface area contributed by atoms with Crippen LogP contribution in [0.1, 0.15) is 35.3 Å². The molecule has 1 unspecified atom stereocenters. The molecule has 1 heterocycles. The van der Waals surface area contributed by atoms with E-state index in [-0.39, 0.29) is 5.82 Å². The topological polar surface area (TPSA) is 38.9 Å². The van der Waals surface area contributed by atoms with Gasteiger partial charge in [0.05, 0.1) is 0 Å². The van der Waals surface area contributed by atoms with Crippen LogP contribution >= 0.6 is 11.3 Å². The Bertz CT molecular complexity index is 617. The molecular formula is C14H14F4N2S. The van der Waals surface area contributed by atoms with Crippen molar-refractivity contribution < 1.29 is 17.6 Å². The van der Waals surface area contributed by atoms with Crippen LogP contribution in [0.4, 0.5) is 17.6 Å². The number of hydrogen-bond acceptors (Lipinski definition) is 3. The molecule has 7 heteroatoms. The van der Waals surface area contributed by atoms with Crippen molar-refractivity contribution in [3.8, 4) is 0 Å². The number of rotatable bonds is 3. The molecule has 1 aromatic carbocycles. The Hall–Kier alpha value is -1.47. The van der Waals surface area contributed by atoms with Crippen molar-refractivity contribution in [2.75, 3.05) is 0 Å². The monoisotopic (exact) mass is 318 g/mol. The Kier molecular flexibility index (Phi) is 4.08. The average Bonchev–Trinajstić information content (AvgIpc) is 2.87. The second-order valence-corrected chi connectivity index (χ2v) is 6.33. The fraction of sp³-hybridized carbons (Fsp3) is 0.357. The van der Waals surface area contributed by atoms with Gasteiger partial charge in [0.25, 0.3) is 0 Å². The summed E-state index contributed by atoms with van der Waals surface area (Å²) < 4.78 is 50.8. The van der Waals surface area contributed by atoms with Crippen molar-refractivity contribution >= 4 is 11.3 Å². The molecule has 2 N–H and O–H groups in total. The molecule has 1 atom stereocenters. The maximum atomic E-state index is 13.0. The molecule has 0 saturated carbocycles. The lowest BCUT2D eigenvalue weighted by Gasteiger charge is -2.31. The van der Waals surface area contributed by atoms with Gasteiger partial charge in [-0.25, -0.2) is 9.37 Å². The van der Waals surface area contributed by atoms with Gasteiger partial charge in [0.2, 0.25) is 0 Å². The smallest absolute Gasteiger partial charge is 0.323 e. The first-order chi connectivity index (χ1) is 9.62. The lowest BCUT2D eigenvalue weighted by atomic mass is 9.77. The second-order valence-electron chi connectivity index (χ2n) is 5.27. The standard InChI is InChI=1S/C14H14F4N2S/c1-13(2,8-3-5-9(15)6-4-8)11(19)10-7-20-12(21-10)14(16,17)18/h3-7,11H,19H2,1-2H3. The zero-order valence-corrected chi connectivity index (χ0v) is 12.2. The number of hydrogen-bond donors (Lipinski definition) is 1. The molecule has 0 spiro atoms. The maximum Gasteiger partial charge on any atom is 0.443 e. The highest BCUT2D eigenvalue weighted by Gasteiger charge is 2.37. The van der Waals surface area contributed by atoms with Crippen molar-refractivity contribution in [1.29, 1.82) is 0 Å². The van der Waals surface area contributed by atoms with Gasteiger partial charge in [0.1, 0.15) is 5.82 Å². The van der Waals surface area contributed by atoms with E-state index < -0.39 is 22.6 Å². The number of thiazole rings is 1. The minimum atomic E-state index is -4.47. The number of halogens is 4. The summed E-state index contributed by atoms with van der Waals surface area (Å²) >= 11 is 0.537. The lowest BCUT2D eigenvalue weighted by molar-refractivity contribution is -0.137. The highest BCUT2D eigenvalue weighted by molar-refractivity contribution is 7.11. The van der Waals surface area contributed by atoms with Crippen molar-refractivity contribution in [1.82, 2.24) is 4.98 Å². The second kappa shape index (κ2) is 5.38. The molecule has 0 aliphatic heterocycles. The number of nitrogens with zero attached hydrogens (tertiary/aromatic N) is 1. The van der Waals surface area contributed by atoms with Gasteiger partial charge < -0.3 is 5.73 Å². The van der Waals surface area contributed by atoms with Gasteiger partial charge in [-0.2, -0.15) is 13.2 Å². The predicted molar refractivity (Wildman–Crippen MR) is 73.5 cm³/mol. The molecule has 0 amide bonds. The van der Waals surface area contributed by atoms with Crippen LogP contribution in [-0.4, -0.2) is 4.98 Å². The average molecular weight is 318 g/mol. The van der Waals surface area contributed by atoms with Crippen LogP contribution in [0.25, 0.3) is 0 Å². The first-order valence-corrected chi connectivity index (χ1v) is 6.98. The predicted octanol–water partition coefficient (Wildman–Crippen LogP) is 4.28. The molecule has 0 saturated heterocycles. The number of nitrogens with two attached hydrogens (primary N) is 1. The van der Waals surface area contributed by atoms with Gasteiger partial charge in [-0.3, -0.25) is 0 Å². The Morgan fingerprint density at radius 3 is 2.19 bits per heavy atom. The molecule has 0 bridgehead atoms. The molecule has 0 radical (unpaired) electrons. The third-order valence-electron chi connectivity index (χ3n) is 3.44. The minimum Gasteiger partial charge on any atom is -0.323 e. The molecule has 2 rings (SSSR count). The van der Waals surface area contributed by atoms with Crippen molar-refractivity contribution in [3.05, 3.63) is 51.7 Å². The van der Waals surface area contributed by atoms with E-state index in [1.54, 1.807) is 26.0 Å². The van der Waals surface area contributed by atoms with Crippen LogP contribution in [0, 0.1) is 5.82 Å². The molecular weight excluding hydrogens is 304 g/mol. The van der Waals surface area contributed by atoms with E-state index in [1.165, 1.54) is 12.1 Å². The van der Waals surface area contributed by atoms with Crippen LogP contribution in [0.2, 0.25) is 0 Å². The third kappa shape index (κ3) is 3.24. The molecule has 114 valence electrons. The zero-order valence-electron chi connectivity index (χ0n) is 11.4. The van der Waals surface area contributed by atoms with Crippen LogP contribution in [0.5, 0.6) is 0 Å². The van der Waals surface area contributed by atoms with Crippen molar-refractivity contribution in [2.45, 2.75) is 31.5 Å². The largest absolute Gasteiger partial charge is 0.443 e.